The number of rotatable bonds is 6. The van der Waals surface area contributed by atoms with Gasteiger partial charge in [0, 0.05) is 17.7 Å². The number of hydrogen-bond acceptors (Lipinski definition) is 4. The Morgan fingerprint density at radius 3 is 2.08 bits per heavy atom. The number of halogens is 2. The second kappa shape index (κ2) is 8.01. The Bertz CT molecular complexity index is 843. The SMILES string of the molecule is C=CC(=O)OCc1ccc(-c2ccc(OC(=O)C=C)c(F)c2)cc1F. The van der Waals surface area contributed by atoms with E-state index in [9.17, 15) is 18.4 Å². The van der Waals surface area contributed by atoms with Gasteiger partial charge in [-0.05, 0) is 29.3 Å². The van der Waals surface area contributed by atoms with E-state index < -0.39 is 23.6 Å². The van der Waals surface area contributed by atoms with E-state index in [0.717, 1.165) is 18.2 Å². The molecule has 0 radical (unpaired) electrons. The second-order valence-corrected chi connectivity index (χ2v) is 4.89. The molecule has 0 bridgehead atoms. The number of carbonyl (C=O) groups is 2. The lowest BCUT2D eigenvalue weighted by Crippen LogP contribution is -2.04. The highest BCUT2D eigenvalue weighted by molar-refractivity contribution is 5.83. The summed E-state index contributed by atoms with van der Waals surface area (Å²) in [5.41, 5.74) is 0.984. The first-order valence-corrected chi connectivity index (χ1v) is 7.16. The molecular weight excluding hydrogens is 330 g/mol. The minimum absolute atomic E-state index is 0.177. The Morgan fingerprint density at radius 2 is 1.52 bits per heavy atom. The Hall–Kier alpha value is -3.28. The van der Waals surface area contributed by atoms with Crippen LogP contribution in [-0.2, 0) is 20.9 Å². The van der Waals surface area contributed by atoms with Crippen molar-refractivity contribution in [1.29, 1.82) is 0 Å². The van der Waals surface area contributed by atoms with E-state index in [-0.39, 0.29) is 17.9 Å². The lowest BCUT2D eigenvalue weighted by Gasteiger charge is -2.09. The normalized spacial score (nSPS) is 10.0. The van der Waals surface area contributed by atoms with Gasteiger partial charge in [0.05, 0.1) is 0 Å². The summed E-state index contributed by atoms with van der Waals surface area (Å²) in [4.78, 5) is 22.1. The van der Waals surface area contributed by atoms with Gasteiger partial charge in [0.1, 0.15) is 12.4 Å². The number of hydrogen-bond donors (Lipinski definition) is 0. The quantitative estimate of drug-likeness (QED) is 0.452. The molecule has 0 saturated carbocycles. The second-order valence-electron chi connectivity index (χ2n) is 4.89. The highest BCUT2D eigenvalue weighted by Crippen LogP contribution is 2.27. The van der Waals surface area contributed by atoms with Gasteiger partial charge in [0.2, 0.25) is 0 Å². The molecule has 0 saturated heterocycles. The van der Waals surface area contributed by atoms with Crippen LogP contribution in [0.3, 0.4) is 0 Å². The van der Waals surface area contributed by atoms with E-state index in [2.05, 4.69) is 13.2 Å². The molecule has 2 rings (SSSR count). The van der Waals surface area contributed by atoms with Crippen molar-refractivity contribution in [3.05, 3.63) is 78.9 Å². The zero-order valence-corrected chi connectivity index (χ0v) is 13.1. The van der Waals surface area contributed by atoms with Crippen molar-refractivity contribution in [2.75, 3.05) is 0 Å². The first-order chi connectivity index (χ1) is 11.9. The summed E-state index contributed by atoms with van der Waals surface area (Å²) in [6.07, 6.45) is 1.90. The van der Waals surface area contributed by atoms with E-state index in [0.29, 0.717) is 11.1 Å². The lowest BCUT2D eigenvalue weighted by molar-refractivity contribution is -0.139. The van der Waals surface area contributed by atoms with Gasteiger partial charge < -0.3 is 9.47 Å². The number of esters is 2. The maximum Gasteiger partial charge on any atom is 0.335 e. The molecule has 0 N–H and O–H groups in total. The molecule has 0 atom stereocenters. The van der Waals surface area contributed by atoms with Gasteiger partial charge >= 0.3 is 11.9 Å². The van der Waals surface area contributed by atoms with Crippen molar-refractivity contribution in [3.8, 4) is 16.9 Å². The van der Waals surface area contributed by atoms with Gasteiger partial charge in [-0.3, -0.25) is 0 Å². The first kappa shape index (κ1) is 18.1. The van der Waals surface area contributed by atoms with Crippen LogP contribution in [0.25, 0.3) is 11.1 Å². The maximum atomic E-state index is 14.1. The third-order valence-electron chi connectivity index (χ3n) is 3.23. The van der Waals surface area contributed by atoms with Gasteiger partial charge in [-0.15, -0.1) is 0 Å². The van der Waals surface area contributed by atoms with E-state index in [1.165, 1.54) is 24.3 Å². The van der Waals surface area contributed by atoms with Gasteiger partial charge in [-0.2, -0.15) is 0 Å². The molecule has 25 heavy (non-hydrogen) atoms. The summed E-state index contributed by atoms with van der Waals surface area (Å²) in [6.45, 7) is 6.24. The zero-order chi connectivity index (χ0) is 18.4. The van der Waals surface area contributed by atoms with Crippen LogP contribution in [0.4, 0.5) is 8.78 Å². The molecule has 0 aliphatic heterocycles. The molecule has 0 aliphatic carbocycles. The molecule has 0 unspecified atom stereocenters. The number of ether oxygens (including phenoxy) is 2. The molecule has 6 heteroatoms. The molecule has 0 fully saturated rings. The molecule has 0 amide bonds. The zero-order valence-electron chi connectivity index (χ0n) is 13.1. The summed E-state index contributed by atoms with van der Waals surface area (Å²) >= 11 is 0. The molecule has 4 nitrogen and oxygen atoms in total. The smallest absolute Gasteiger partial charge is 0.335 e. The topological polar surface area (TPSA) is 52.6 Å². The Morgan fingerprint density at radius 1 is 0.920 bits per heavy atom. The van der Waals surface area contributed by atoms with Crippen molar-refractivity contribution in [1.82, 2.24) is 0 Å². The summed E-state index contributed by atoms with van der Waals surface area (Å²) in [6, 6.07) is 8.07. The Labute approximate surface area is 143 Å². The van der Waals surface area contributed by atoms with Crippen LogP contribution < -0.4 is 4.74 Å². The van der Waals surface area contributed by atoms with Crippen molar-refractivity contribution < 1.29 is 27.8 Å². The summed E-state index contributed by atoms with van der Waals surface area (Å²) in [5.74, 6) is -3.05. The fourth-order valence-corrected chi connectivity index (χ4v) is 1.96. The molecule has 128 valence electrons. The van der Waals surface area contributed by atoms with Gasteiger partial charge in [0.25, 0.3) is 0 Å². The number of benzene rings is 2. The molecule has 2 aromatic rings. The molecular formula is C19H14F2O4. The fourth-order valence-electron chi connectivity index (χ4n) is 1.96. The van der Waals surface area contributed by atoms with Gasteiger partial charge in [-0.1, -0.05) is 31.4 Å². The van der Waals surface area contributed by atoms with Crippen LogP contribution in [0.15, 0.2) is 61.7 Å². The highest BCUT2D eigenvalue weighted by atomic mass is 19.1. The average Bonchev–Trinajstić information content (AvgIpc) is 2.61. The molecule has 0 aliphatic rings. The third-order valence-corrected chi connectivity index (χ3v) is 3.23. The minimum Gasteiger partial charge on any atom is -0.458 e. The van der Waals surface area contributed by atoms with Crippen LogP contribution in [0, 0.1) is 11.6 Å². The van der Waals surface area contributed by atoms with E-state index >= 15 is 0 Å². The first-order valence-electron chi connectivity index (χ1n) is 7.16. The predicted octanol–water partition coefficient (Wildman–Crippen LogP) is 3.95. The van der Waals surface area contributed by atoms with E-state index in [1.807, 2.05) is 0 Å². The average molecular weight is 344 g/mol. The molecule has 0 heterocycles. The molecule has 0 aromatic heterocycles. The van der Waals surface area contributed by atoms with Crippen molar-refractivity contribution in [3.63, 3.8) is 0 Å². The van der Waals surface area contributed by atoms with Gasteiger partial charge in [-0.25, -0.2) is 18.4 Å². The predicted molar refractivity (Wildman–Crippen MR) is 87.6 cm³/mol. The maximum absolute atomic E-state index is 14.1. The number of carbonyl (C=O) groups excluding carboxylic acids is 2. The largest absolute Gasteiger partial charge is 0.458 e. The van der Waals surface area contributed by atoms with Crippen LogP contribution in [-0.4, -0.2) is 11.9 Å². The monoisotopic (exact) mass is 344 g/mol. The summed E-state index contributed by atoms with van der Waals surface area (Å²) < 4.78 is 37.6. The van der Waals surface area contributed by atoms with E-state index in [1.54, 1.807) is 6.07 Å². The third kappa shape index (κ3) is 4.60. The van der Waals surface area contributed by atoms with Crippen molar-refractivity contribution in [2.45, 2.75) is 6.61 Å². The lowest BCUT2D eigenvalue weighted by atomic mass is 10.0. The van der Waals surface area contributed by atoms with Crippen LogP contribution in [0.5, 0.6) is 5.75 Å². The Balaban J connectivity index is 2.21. The van der Waals surface area contributed by atoms with Crippen molar-refractivity contribution >= 4 is 11.9 Å². The van der Waals surface area contributed by atoms with Crippen molar-refractivity contribution in [2.24, 2.45) is 0 Å². The van der Waals surface area contributed by atoms with E-state index in [4.69, 9.17) is 9.47 Å². The van der Waals surface area contributed by atoms with Crippen LogP contribution in [0.1, 0.15) is 5.56 Å². The highest BCUT2D eigenvalue weighted by Gasteiger charge is 2.11. The Kier molecular flexibility index (Phi) is 5.79. The summed E-state index contributed by atoms with van der Waals surface area (Å²) in [5, 5.41) is 0. The van der Waals surface area contributed by atoms with Gasteiger partial charge in [0.15, 0.2) is 11.6 Å². The van der Waals surface area contributed by atoms with Crippen LogP contribution in [0.2, 0.25) is 0 Å². The summed E-state index contributed by atoms with van der Waals surface area (Å²) in [7, 11) is 0. The fraction of sp³-hybridized carbons (Fsp3) is 0.0526. The molecule has 0 spiro atoms. The molecule has 2 aromatic carbocycles. The standard InChI is InChI=1S/C19H14F2O4/c1-3-18(22)24-11-14-6-5-12(9-15(14)20)13-7-8-17(16(21)10-13)25-19(23)4-2/h3-10H,1-2,11H2. The van der Waals surface area contributed by atoms with Crippen LogP contribution >= 0.6 is 0 Å². The minimum atomic E-state index is -0.781.